The molecule has 18 nitrogen and oxygen atoms in total. The Hall–Kier alpha value is -5.98. The number of phenols is 2. The minimum absolute atomic E-state index is 0.134. The lowest BCUT2D eigenvalue weighted by Crippen LogP contribution is -2.01. The van der Waals surface area contributed by atoms with Gasteiger partial charge in [-0.2, -0.15) is 43.9 Å². The molecule has 0 fully saturated rings. The number of fused-ring (bicyclic) bond motifs is 2. The molecule has 0 heterocycles. The van der Waals surface area contributed by atoms with E-state index in [0.717, 1.165) is 48.6 Å². The van der Waals surface area contributed by atoms with Gasteiger partial charge in [0, 0.05) is 10.8 Å². The first kappa shape index (κ1) is 39.7. The van der Waals surface area contributed by atoms with Gasteiger partial charge in [0.2, 0.25) is 0 Å². The van der Waals surface area contributed by atoms with Gasteiger partial charge in [0.15, 0.2) is 0 Å². The molecule has 0 spiro atoms. The summed E-state index contributed by atoms with van der Waals surface area (Å²) >= 11 is 0. The lowest BCUT2D eigenvalue weighted by Gasteiger charge is -2.07. The van der Waals surface area contributed by atoms with Gasteiger partial charge in [-0.3, -0.25) is 18.2 Å². The first-order chi connectivity index (χ1) is 26.1. The first-order valence-electron chi connectivity index (χ1n) is 15.3. The fourth-order valence-corrected chi connectivity index (χ4v) is 7.82. The van der Waals surface area contributed by atoms with Crippen LogP contribution >= 0.6 is 0 Å². The molecule has 288 valence electrons. The van der Waals surface area contributed by atoms with Gasteiger partial charge in [-0.15, -0.1) is 10.2 Å². The van der Waals surface area contributed by atoms with Crippen molar-refractivity contribution in [2.45, 2.75) is 19.6 Å². The Morgan fingerprint density at radius 2 is 0.786 bits per heavy atom. The molecule has 0 aromatic heterocycles. The van der Waals surface area contributed by atoms with Crippen LogP contribution in [0.25, 0.3) is 33.7 Å². The minimum atomic E-state index is -4.95. The van der Waals surface area contributed by atoms with Crippen LogP contribution < -0.4 is 0 Å². The topological polar surface area (TPSA) is 307 Å². The molecule has 6 aromatic rings. The maximum Gasteiger partial charge on any atom is 0.295 e. The van der Waals surface area contributed by atoms with Gasteiger partial charge in [0.05, 0.1) is 21.2 Å². The molecular formula is C34H24N4O14S4. The molecule has 6 rings (SSSR count). The summed E-state index contributed by atoms with van der Waals surface area (Å²) in [5.41, 5.74) is -0.858. The van der Waals surface area contributed by atoms with Crippen molar-refractivity contribution in [3.05, 3.63) is 108 Å². The van der Waals surface area contributed by atoms with E-state index in [9.17, 15) is 62.1 Å². The predicted molar refractivity (Wildman–Crippen MR) is 201 cm³/mol. The van der Waals surface area contributed by atoms with Crippen molar-refractivity contribution < 1.29 is 62.1 Å². The van der Waals surface area contributed by atoms with Gasteiger partial charge in [0.25, 0.3) is 40.5 Å². The summed E-state index contributed by atoms with van der Waals surface area (Å²) in [6.45, 7) is 0. The lowest BCUT2D eigenvalue weighted by atomic mass is 10.1. The van der Waals surface area contributed by atoms with Gasteiger partial charge in [-0.05, 0) is 82.6 Å². The van der Waals surface area contributed by atoms with Crippen LogP contribution in [-0.2, 0) is 40.5 Å². The van der Waals surface area contributed by atoms with Gasteiger partial charge in [-0.1, -0.05) is 48.6 Å². The minimum Gasteiger partial charge on any atom is -0.506 e. The van der Waals surface area contributed by atoms with Crippen molar-refractivity contribution in [2.24, 2.45) is 20.5 Å². The van der Waals surface area contributed by atoms with E-state index in [1.165, 1.54) is 60.7 Å². The van der Waals surface area contributed by atoms with E-state index in [0.29, 0.717) is 0 Å². The summed E-state index contributed by atoms with van der Waals surface area (Å²) in [5, 5.41) is 37.6. The van der Waals surface area contributed by atoms with Crippen molar-refractivity contribution >= 4 is 96.9 Å². The fourth-order valence-electron chi connectivity index (χ4n) is 5.38. The number of hydrogen-bond donors (Lipinski definition) is 6. The van der Waals surface area contributed by atoms with Crippen LogP contribution in [0.3, 0.4) is 0 Å². The molecule has 0 aliphatic carbocycles. The number of phenolic OH excluding ortho intramolecular Hbond substituents is 2. The van der Waals surface area contributed by atoms with Crippen LogP contribution in [0.1, 0.15) is 11.1 Å². The predicted octanol–water partition coefficient (Wildman–Crippen LogP) is 7.39. The van der Waals surface area contributed by atoms with Crippen LogP contribution in [0.2, 0.25) is 0 Å². The molecule has 22 heteroatoms. The highest BCUT2D eigenvalue weighted by molar-refractivity contribution is 7.86. The molecule has 0 unspecified atom stereocenters. The van der Waals surface area contributed by atoms with Gasteiger partial charge in [0.1, 0.15) is 32.7 Å². The van der Waals surface area contributed by atoms with Crippen molar-refractivity contribution in [3.63, 3.8) is 0 Å². The van der Waals surface area contributed by atoms with Gasteiger partial charge >= 0.3 is 0 Å². The second-order valence-corrected chi connectivity index (χ2v) is 17.3. The molecule has 0 aliphatic heterocycles. The summed E-state index contributed by atoms with van der Waals surface area (Å²) in [6, 6.07) is 18.9. The number of aromatic hydroxyl groups is 2. The SMILES string of the molecule is O=S(=O)(O)c1ccc2c(N=Nc3ccc(/C=C\c4ccc(N=Nc5c(O)ccc6cc(S(=O)(=O)O)ccc56)cc4S(=O)(=O)O)c(S(=O)(=O)O)c3)c(O)ccc2c1. The number of nitrogens with zero attached hydrogens (tertiary/aromatic N) is 4. The van der Waals surface area contributed by atoms with Gasteiger partial charge < -0.3 is 10.2 Å². The summed E-state index contributed by atoms with van der Waals surface area (Å²) in [6.07, 6.45) is 2.24. The van der Waals surface area contributed by atoms with E-state index < -0.39 is 60.1 Å². The normalized spacial score (nSPS) is 13.1. The Labute approximate surface area is 317 Å². The molecule has 0 radical (unpaired) electrons. The van der Waals surface area contributed by atoms with Crippen molar-refractivity contribution in [1.29, 1.82) is 0 Å². The van der Waals surface area contributed by atoms with E-state index in [1.54, 1.807) is 0 Å². The zero-order chi connectivity index (χ0) is 40.8. The molecule has 56 heavy (non-hydrogen) atoms. The van der Waals surface area contributed by atoms with Gasteiger partial charge in [-0.25, -0.2) is 0 Å². The highest BCUT2D eigenvalue weighted by atomic mass is 32.2. The molecule has 6 N–H and O–H groups in total. The second-order valence-electron chi connectivity index (χ2n) is 11.7. The average molecular weight is 841 g/mol. The Bertz CT molecular complexity index is 2950. The smallest absolute Gasteiger partial charge is 0.295 e. The number of hydrogen-bond acceptors (Lipinski definition) is 14. The lowest BCUT2D eigenvalue weighted by molar-refractivity contribution is 0.476. The molecule has 6 aromatic carbocycles. The van der Waals surface area contributed by atoms with E-state index in [2.05, 4.69) is 20.5 Å². The maximum atomic E-state index is 12.4. The van der Waals surface area contributed by atoms with E-state index in [4.69, 9.17) is 0 Å². The fraction of sp³-hybridized carbons (Fsp3) is 0. The Kier molecular flexibility index (Phi) is 10.3. The van der Waals surface area contributed by atoms with E-state index in [1.807, 2.05) is 0 Å². The van der Waals surface area contributed by atoms with Crippen LogP contribution in [-0.4, -0.2) is 62.1 Å². The summed E-state index contributed by atoms with van der Waals surface area (Å²) in [7, 11) is -19.0. The first-order valence-corrected chi connectivity index (χ1v) is 21.1. The number of benzene rings is 6. The Morgan fingerprint density at radius 3 is 1.12 bits per heavy atom. The molecule has 0 aliphatic rings. The van der Waals surface area contributed by atoms with E-state index >= 15 is 0 Å². The summed E-state index contributed by atoms with van der Waals surface area (Å²) < 4.78 is 134. The molecule has 0 bridgehead atoms. The number of rotatable bonds is 10. The third-order valence-electron chi connectivity index (χ3n) is 8.00. The molecule has 0 saturated carbocycles. The highest BCUT2D eigenvalue weighted by Gasteiger charge is 2.19. The van der Waals surface area contributed by atoms with Crippen LogP contribution in [0, 0.1) is 0 Å². The van der Waals surface area contributed by atoms with Crippen molar-refractivity contribution in [1.82, 2.24) is 0 Å². The maximum absolute atomic E-state index is 12.4. The largest absolute Gasteiger partial charge is 0.506 e. The summed E-state index contributed by atoms with van der Waals surface area (Å²) in [4.78, 5) is -2.21. The monoisotopic (exact) mass is 840 g/mol. The third kappa shape index (κ3) is 8.61. The van der Waals surface area contributed by atoms with Crippen LogP contribution in [0.15, 0.2) is 137 Å². The molecule has 0 atom stereocenters. The Balaban J connectivity index is 1.33. The standard InChI is InChI=1S/C34H24N4O14S4/c39-29-13-5-21-15-25(53(41,42)43)9-11-27(21)33(29)37-35-23-7-3-19(31(17-23)55(47,48)49)1-2-20-4-8-24(18-32(20)56(50,51)52)36-38-34-28-12-10-26(54(44,45)46)16-22(28)6-14-30(34)40/h1-18,39-40H,(H,41,42,43)(H,44,45,46)(H,47,48,49)(H,50,51,52)/b2-1-,37-35?,38-36?. The average Bonchev–Trinajstić information content (AvgIpc) is 3.11. The summed E-state index contributed by atoms with van der Waals surface area (Å²) in [5.74, 6) is -0.748. The third-order valence-corrected chi connectivity index (χ3v) is 11.5. The van der Waals surface area contributed by atoms with E-state index in [-0.39, 0.29) is 66.9 Å². The second kappa shape index (κ2) is 14.6. The zero-order valence-corrected chi connectivity index (χ0v) is 31.0. The molecule has 0 saturated heterocycles. The number of azo groups is 2. The van der Waals surface area contributed by atoms with Crippen LogP contribution in [0.4, 0.5) is 22.7 Å². The highest BCUT2D eigenvalue weighted by Crippen LogP contribution is 2.39. The van der Waals surface area contributed by atoms with Crippen LogP contribution in [0.5, 0.6) is 11.5 Å². The van der Waals surface area contributed by atoms with Crippen molar-refractivity contribution in [2.75, 3.05) is 0 Å². The van der Waals surface area contributed by atoms with Crippen molar-refractivity contribution in [3.8, 4) is 11.5 Å². The zero-order valence-electron chi connectivity index (χ0n) is 27.8. The molecular weight excluding hydrogens is 817 g/mol. The molecule has 0 amide bonds. The Morgan fingerprint density at radius 1 is 0.411 bits per heavy atom. The quantitative estimate of drug-likeness (QED) is 0.0445.